The fraction of sp³-hybridized carbons (Fsp3) is 0.750. The minimum absolute atomic E-state index is 0.523. The van der Waals surface area contributed by atoms with Crippen molar-refractivity contribution in [2.75, 3.05) is 0 Å². The normalized spacial score (nSPS) is 9.71. The van der Waals surface area contributed by atoms with Crippen LogP contribution in [0, 0.1) is 0 Å². The van der Waals surface area contributed by atoms with Gasteiger partial charge in [0.1, 0.15) is 0 Å². The number of halogens is 1. The summed E-state index contributed by atoms with van der Waals surface area (Å²) in [5, 5.41) is 0. The van der Waals surface area contributed by atoms with Gasteiger partial charge in [-0.15, -0.1) is 0 Å². The Morgan fingerprint density at radius 2 is 2.14 bits per heavy atom. The van der Waals surface area contributed by atoms with Gasteiger partial charge in [0.15, 0.2) is 0 Å². The summed E-state index contributed by atoms with van der Waals surface area (Å²) in [4.78, 5) is 0.749. The average Bonchev–Trinajstić information content (AvgIpc) is 1.27. The van der Waals surface area contributed by atoms with Gasteiger partial charge in [0, 0.05) is 0 Å². The molecular formula is C4H7BrSSe. The van der Waals surface area contributed by atoms with Crippen molar-refractivity contribution in [3.05, 3.63) is 0 Å². The Morgan fingerprint density at radius 1 is 1.71 bits per heavy atom. The van der Waals surface area contributed by atoms with Gasteiger partial charge in [0.25, 0.3) is 0 Å². The molecule has 0 aromatic heterocycles. The first-order chi connectivity index (χ1) is 3.13. The quantitative estimate of drug-likeness (QED) is 0.409. The molecule has 42 valence electrons. The summed E-state index contributed by atoms with van der Waals surface area (Å²) in [6.07, 6.45) is 0. The summed E-state index contributed by atoms with van der Waals surface area (Å²) >= 11 is 8.57. The van der Waals surface area contributed by atoms with Crippen molar-refractivity contribution >= 4 is 45.8 Å². The summed E-state index contributed by atoms with van der Waals surface area (Å²) in [7, 11) is 0. The van der Waals surface area contributed by atoms with Crippen molar-refractivity contribution in [1.29, 1.82) is 0 Å². The topological polar surface area (TPSA) is 0 Å². The van der Waals surface area contributed by atoms with E-state index in [9.17, 15) is 0 Å². The van der Waals surface area contributed by atoms with E-state index in [1.807, 2.05) is 0 Å². The van der Waals surface area contributed by atoms with E-state index in [1.165, 1.54) is 0 Å². The molecule has 0 rings (SSSR count). The second-order valence-corrected chi connectivity index (χ2v) is 8.22. The first kappa shape index (κ1) is 8.09. The standard InChI is InChI=1S/C4H7BrSSe/c1-3(2)7-4(5)6/h3H,1-2H3. The van der Waals surface area contributed by atoms with Crippen molar-refractivity contribution in [3.8, 4) is 0 Å². The summed E-state index contributed by atoms with van der Waals surface area (Å²) in [5.41, 5.74) is 0. The Hall–Kier alpha value is 1.09. The van der Waals surface area contributed by atoms with Gasteiger partial charge in [-0.3, -0.25) is 0 Å². The predicted molar refractivity (Wildman–Crippen MR) is 42.4 cm³/mol. The summed E-state index contributed by atoms with van der Waals surface area (Å²) in [6, 6.07) is 0. The molecule has 0 aliphatic rings. The molecule has 0 aromatic rings. The zero-order chi connectivity index (χ0) is 5.86. The van der Waals surface area contributed by atoms with E-state index < -0.39 is 0 Å². The van der Waals surface area contributed by atoms with Crippen LogP contribution in [0.3, 0.4) is 0 Å². The third-order valence-electron chi connectivity index (χ3n) is 0.328. The number of rotatable bonds is 2. The van der Waals surface area contributed by atoms with Crippen LogP contribution in [0.1, 0.15) is 13.8 Å². The molecule has 0 amide bonds. The number of hydrogen-bond acceptors (Lipinski definition) is 1. The van der Waals surface area contributed by atoms with E-state index in [1.54, 1.807) is 0 Å². The second-order valence-electron chi connectivity index (χ2n) is 1.40. The van der Waals surface area contributed by atoms with Gasteiger partial charge in [0.05, 0.1) is 0 Å². The van der Waals surface area contributed by atoms with Gasteiger partial charge in [-0.25, -0.2) is 0 Å². The van der Waals surface area contributed by atoms with Gasteiger partial charge in [-0.1, -0.05) is 0 Å². The molecular weight excluding hydrogens is 239 g/mol. The van der Waals surface area contributed by atoms with Crippen LogP contribution in [0.15, 0.2) is 0 Å². The van der Waals surface area contributed by atoms with Gasteiger partial charge in [0.2, 0.25) is 0 Å². The Bertz CT molecular complexity index is 72.1. The van der Waals surface area contributed by atoms with Crippen LogP contribution in [0.25, 0.3) is 0 Å². The SMILES string of the molecule is CC(C)[Se]C(=S)Br. The molecule has 0 heterocycles. The predicted octanol–water partition coefficient (Wildman–Crippen LogP) is 2.20. The van der Waals surface area contributed by atoms with Crippen molar-refractivity contribution < 1.29 is 0 Å². The van der Waals surface area contributed by atoms with Crippen LogP contribution >= 0.6 is 28.1 Å². The van der Waals surface area contributed by atoms with Crippen molar-refractivity contribution in [2.24, 2.45) is 0 Å². The van der Waals surface area contributed by atoms with E-state index in [0.717, 1.165) is 7.49 Å². The Morgan fingerprint density at radius 3 is 2.14 bits per heavy atom. The fourth-order valence-electron chi connectivity index (χ4n) is 0.185. The minimum atomic E-state index is 0.523. The second kappa shape index (κ2) is 4.02. The van der Waals surface area contributed by atoms with Gasteiger partial charge in [-0.05, 0) is 0 Å². The molecule has 7 heavy (non-hydrogen) atoms. The van der Waals surface area contributed by atoms with Crippen LogP contribution in [0.2, 0.25) is 4.82 Å². The Labute approximate surface area is 64.3 Å². The molecule has 0 radical (unpaired) electrons. The molecule has 0 N–H and O–H groups in total. The zero-order valence-electron chi connectivity index (χ0n) is 4.27. The van der Waals surface area contributed by atoms with Crippen molar-refractivity contribution in [2.45, 2.75) is 18.7 Å². The first-order valence-electron chi connectivity index (χ1n) is 1.99. The van der Waals surface area contributed by atoms with Crippen molar-refractivity contribution in [3.63, 3.8) is 0 Å². The van der Waals surface area contributed by atoms with Crippen LogP contribution in [0.5, 0.6) is 0 Å². The summed E-state index contributed by atoms with van der Waals surface area (Å²) in [6.45, 7) is 4.35. The van der Waals surface area contributed by atoms with E-state index in [2.05, 4.69) is 29.8 Å². The monoisotopic (exact) mass is 246 g/mol. The van der Waals surface area contributed by atoms with Crippen LogP contribution in [-0.2, 0) is 0 Å². The molecule has 0 fully saturated rings. The Kier molecular flexibility index (Phi) is 4.64. The van der Waals surface area contributed by atoms with Gasteiger partial charge >= 0.3 is 64.4 Å². The molecule has 0 aliphatic carbocycles. The van der Waals surface area contributed by atoms with E-state index in [4.69, 9.17) is 12.2 Å². The number of thiocarbonyl (C=S) groups is 1. The van der Waals surface area contributed by atoms with Crippen LogP contribution < -0.4 is 0 Å². The van der Waals surface area contributed by atoms with Gasteiger partial charge in [-0.2, -0.15) is 0 Å². The maximum absolute atomic E-state index is 4.82. The van der Waals surface area contributed by atoms with Crippen LogP contribution in [-0.4, -0.2) is 17.6 Å². The average molecular weight is 246 g/mol. The fourth-order valence-corrected chi connectivity index (χ4v) is 3.91. The third-order valence-corrected chi connectivity index (χ3v) is 3.18. The first-order valence-corrected chi connectivity index (χ1v) is 5.03. The molecule has 0 saturated carbocycles. The van der Waals surface area contributed by atoms with Gasteiger partial charge < -0.3 is 0 Å². The van der Waals surface area contributed by atoms with Crippen LogP contribution in [0.4, 0.5) is 0 Å². The number of hydrogen-bond donors (Lipinski definition) is 0. The zero-order valence-corrected chi connectivity index (χ0v) is 8.39. The molecule has 0 unspecified atom stereocenters. The Balaban J connectivity index is 3.13. The van der Waals surface area contributed by atoms with E-state index in [-0.39, 0.29) is 0 Å². The molecule has 0 bridgehead atoms. The molecule has 0 atom stereocenters. The van der Waals surface area contributed by atoms with E-state index in [0.29, 0.717) is 15.0 Å². The summed E-state index contributed by atoms with van der Waals surface area (Å²) < 4.78 is 0.995. The molecule has 0 aliphatic heterocycles. The third kappa shape index (κ3) is 7.09. The van der Waals surface area contributed by atoms with Crippen molar-refractivity contribution in [1.82, 2.24) is 0 Å². The molecule has 3 heteroatoms. The summed E-state index contributed by atoms with van der Waals surface area (Å²) in [5.74, 6) is 0. The van der Waals surface area contributed by atoms with E-state index >= 15 is 0 Å². The molecule has 0 nitrogen and oxygen atoms in total. The molecule has 0 spiro atoms. The molecule has 0 aromatic carbocycles. The maximum atomic E-state index is 4.82. The molecule has 0 saturated heterocycles.